The second kappa shape index (κ2) is 6.27. The largest absolute Gasteiger partial charge is 0.545 e. The Morgan fingerprint density at radius 1 is 1.19 bits per heavy atom. The van der Waals surface area contributed by atoms with E-state index in [0.717, 1.165) is 51.9 Å². The van der Waals surface area contributed by atoms with Crippen molar-refractivity contribution in [3.63, 3.8) is 0 Å². The Balaban J connectivity index is 2.01. The third-order valence-corrected chi connectivity index (χ3v) is 5.46. The number of pyridine rings is 2. The monoisotopic (exact) mass is 361 g/mol. The molecule has 0 saturated heterocycles. The smallest absolute Gasteiger partial charge is 0.264 e. The van der Waals surface area contributed by atoms with Crippen molar-refractivity contribution >= 4 is 17.2 Å². The lowest BCUT2D eigenvalue weighted by atomic mass is 9.95. The zero-order valence-corrected chi connectivity index (χ0v) is 15.6. The number of nitrogens with one attached hydrogen (secondary N) is 1. The fraction of sp³-hybridized carbons (Fsp3) is 0.273. The van der Waals surface area contributed by atoms with Crippen LogP contribution in [0, 0.1) is 13.8 Å². The van der Waals surface area contributed by atoms with Gasteiger partial charge in [-0.1, -0.05) is 6.07 Å². The number of rotatable bonds is 4. The van der Waals surface area contributed by atoms with Crippen molar-refractivity contribution in [3.05, 3.63) is 69.1 Å². The molecule has 1 aromatic carbocycles. The normalized spacial score (nSPS) is 13.7. The molecule has 4 rings (SSSR count). The summed E-state index contributed by atoms with van der Waals surface area (Å²) in [5, 5.41) is 14.6. The highest BCUT2D eigenvalue weighted by molar-refractivity contribution is 5.88. The van der Waals surface area contributed by atoms with E-state index in [1.54, 1.807) is 6.20 Å². The highest BCUT2D eigenvalue weighted by Gasteiger charge is 2.28. The average Bonchev–Trinajstić information content (AvgIpc) is 3.47. The molecule has 1 N–H and O–H groups in total. The van der Waals surface area contributed by atoms with E-state index in [1.165, 1.54) is 10.5 Å². The fourth-order valence-electron chi connectivity index (χ4n) is 3.87. The van der Waals surface area contributed by atoms with Gasteiger partial charge in [0.15, 0.2) is 0 Å². The highest BCUT2D eigenvalue weighted by Crippen LogP contribution is 2.43. The number of carboxylic acid groups (broad SMARTS) is 1. The van der Waals surface area contributed by atoms with Gasteiger partial charge >= 0.3 is 0 Å². The summed E-state index contributed by atoms with van der Waals surface area (Å²) in [6.07, 6.45) is 3.71. The molecule has 5 nitrogen and oxygen atoms in total. The molecule has 1 fully saturated rings. The zero-order chi connectivity index (χ0) is 19.3. The maximum absolute atomic E-state index is 12.6. The molecule has 0 radical (unpaired) electrons. The lowest BCUT2D eigenvalue weighted by molar-refractivity contribution is -0.255. The molecule has 1 aliphatic rings. The number of fused-ring (bicyclic) bond motifs is 1. The summed E-state index contributed by atoms with van der Waals surface area (Å²) < 4.78 is 1.46. The van der Waals surface area contributed by atoms with E-state index in [9.17, 15) is 14.7 Å². The minimum atomic E-state index is -1.42. The number of carboxylic acids is 1. The van der Waals surface area contributed by atoms with Crippen LogP contribution in [-0.4, -0.2) is 17.4 Å². The molecule has 0 bridgehead atoms. The summed E-state index contributed by atoms with van der Waals surface area (Å²) in [6, 6.07) is 9.63. The minimum Gasteiger partial charge on any atom is -0.545 e. The summed E-state index contributed by atoms with van der Waals surface area (Å²) >= 11 is 0. The maximum atomic E-state index is 12.6. The number of aromatic nitrogens is 1. The molecule has 138 valence electrons. The number of benzene rings is 1. The molecule has 1 aliphatic carbocycles. The molecule has 5 heteroatoms. The second-order valence-electron chi connectivity index (χ2n) is 7.23. The van der Waals surface area contributed by atoms with E-state index in [4.69, 9.17) is 0 Å². The van der Waals surface area contributed by atoms with Gasteiger partial charge < -0.3 is 15.2 Å². The number of nitrogens with zero attached hydrogens (tertiary/aromatic N) is 1. The Labute approximate surface area is 157 Å². The highest BCUT2D eigenvalue weighted by atomic mass is 16.4. The van der Waals surface area contributed by atoms with Crippen LogP contribution in [0.1, 0.15) is 45.8 Å². The van der Waals surface area contributed by atoms with Gasteiger partial charge in [-0.05, 0) is 84.7 Å². The van der Waals surface area contributed by atoms with Gasteiger partial charge in [0.2, 0.25) is 0 Å². The minimum absolute atomic E-state index is 0.268. The Hall–Kier alpha value is -3.08. The van der Waals surface area contributed by atoms with Gasteiger partial charge in [0, 0.05) is 18.9 Å². The molecule has 2 heterocycles. The average molecular weight is 361 g/mol. The lowest BCUT2D eigenvalue weighted by Crippen LogP contribution is -2.32. The standard InChI is InChI=1S/C22H22N2O3/c1-12-10-15(6-7-19(12)23-3)16-8-9-24-20(13(16)2)17(14-4-5-14)11-18(21(24)25)22(26)27/h6-11,14,23H,4-5H2,1-3H3,(H,26,27)/p-1. The molecule has 27 heavy (non-hydrogen) atoms. The molecule has 3 aromatic rings. The summed E-state index contributed by atoms with van der Waals surface area (Å²) in [5.41, 5.74) is 6.26. The first-order valence-electron chi connectivity index (χ1n) is 9.11. The van der Waals surface area contributed by atoms with Gasteiger partial charge in [-0.3, -0.25) is 9.20 Å². The van der Waals surface area contributed by atoms with E-state index in [2.05, 4.69) is 24.4 Å². The van der Waals surface area contributed by atoms with Gasteiger partial charge in [-0.2, -0.15) is 0 Å². The fourth-order valence-corrected chi connectivity index (χ4v) is 3.87. The molecule has 2 aromatic heterocycles. The van der Waals surface area contributed by atoms with Gasteiger partial charge in [-0.25, -0.2) is 0 Å². The third kappa shape index (κ3) is 2.79. The van der Waals surface area contributed by atoms with E-state index < -0.39 is 11.5 Å². The van der Waals surface area contributed by atoms with Crippen molar-refractivity contribution < 1.29 is 9.90 Å². The molecular formula is C22H21N2O3-. The number of carbonyl (C=O) groups excluding carboxylic acids is 1. The molecule has 0 aliphatic heterocycles. The van der Waals surface area contributed by atoms with Crippen molar-refractivity contribution in [2.24, 2.45) is 0 Å². The molecule has 0 unspecified atom stereocenters. The first-order chi connectivity index (χ1) is 12.9. The van der Waals surface area contributed by atoms with Crippen molar-refractivity contribution in [2.45, 2.75) is 32.6 Å². The van der Waals surface area contributed by atoms with Crippen molar-refractivity contribution in [1.82, 2.24) is 4.40 Å². The van der Waals surface area contributed by atoms with Crippen LogP contribution >= 0.6 is 0 Å². The molecular weight excluding hydrogens is 340 g/mol. The van der Waals surface area contributed by atoms with Crippen LogP contribution in [0.2, 0.25) is 0 Å². The predicted octanol–water partition coefficient (Wildman–Crippen LogP) is 2.87. The van der Waals surface area contributed by atoms with E-state index in [-0.39, 0.29) is 5.56 Å². The van der Waals surface area contributed by atoms with Crippen LogP contribution in [0.15, 0.2) is 41.3 Å². The maximum Gasteiger partial charge on any atom is 0.264 e. The van der Waals surface area contributed by atoms with Crippen molar-refractivity contribution in [3.8, 4) is 11.1 Å². The number of aryl methyl sites for hydroxylation is 2. The summed E-state index contributed by atoms with van der Waals surface area (Å²) in [7, 11) is 1.90. The Morgan fingerprint density at radius 3 is 2.52 bits per heavy atom. The van der Waals surface area contributed by atoms with Gasteiger partial charge in [-0.15, -0.1) is 0 Å². The Morgan fingerprint density at radius 2 is 1.93 bits per heavy atom. The van der Waals surface area contributed by atoms with Crippen molar-refractivity contribution in [2.75, 3.05) is 12.4 Å². The van der Waals surface area contributed by atoms with Crippen LogP contribution in [0.5, 0.6) is 0 Å². The lowest BCUT2D eigenvalue weighted by Gasteiger charge is -2.17. The first-order valence-corrected chi connectivity index (χ1v) is 9.11. The number of carbonyl (C=O) groups is 1. The topological polar surface area (TPSA) is 73.6 Å². The number of hydrogen-bond acceptors (Lipinski definition) is 4. The van der Waals surface area contributed by atoms with Gasteiger partial charge in [0.25, 0.3) is 5.56 Å². The van der Waals surface area contributed by atoms with Crippen molar-refractivity contribution in [1.29, 1.82) is 0 Å². The molecule has 0 spiro atoms. The number of aromatic carboxylic acids is 1. The summed E-state index contributed by atoms with van der Waals surface area (Å²) in [5.74, 6) is -1.11. The van der Waals surface area contributed by atoms with E-state index in [0.29, 0.717) is 5.92 Å². The summed E-state index contributed by atoms with van der Waals surface area (Å²) in [4.78, 5) is 24.0. The van der Waals surface area contributed by atoms with E-state index >= 15 is 0 Å². The second-order valence-corrected chi connectivity index (χ2v) is 7.23. The molecule has 0 amide bonds. The zero-order valence-electron chi connectivity index (χ0n) is 15.6. The first kappa shape index (κ1) is 17.3. The molecule has 0 atom stereocenters. The third-order valence-electron chi connectivity index (χ3n) is 5.46. The SMILES string of the molecule is CNc1ccc(-c2ccn3c(=O)c(C(=O)[O-])cc(C4CC4)c3c2C)cc1C. The molecule has 1 saturated carbocycles. The van der Waals surface area contributed by atoms with Crippen LogP contribution in [0.4, 0.5) is 5.69 Å². The predicted molar refractivity (Wildman–Crippen MR) is 104 cm³/mol. The quantitative estimate of drug-likeness (QED) is 0.775. The number of anilines is 1. The van der Waals surface area contributed by atoms with Crippen LogP contribution < -0.4 is 16.0 Å². The number of hydrogen-bond donors (Lipinski definition) is 1. The van der Waals surface area contributed by atoms with Gasteiger partial charge in [0.05, 0.1) is 17.0 Å². The Kier molecular flexibility index (Phi) is 4.02. The van der Waals surface area contributed by atoms with Crippen LogP contribution in [-0.2, 0) is 0 Å². The van der Waals surface area contributed by atoms with Crippen LogP contribution in [0.3, 0.4) is 0 Å². The van der Waals surface area contributed by atoms with Gasteiger partial charge in [0.1, 0.15) is 0 Å². The van der Waals surface area contributed by atoms with E-state index in [1.807, 2.05) is 26.1 Å². The van der Waals surface area contributed by atoms with Crippen LogP contribution in [0.25, 0.3) is 16.6 Å². The Bertz CT molecular complexity index is 1140. The summed E-state index contributed by atoms with van der Waals surface area (Å²) in [6.45, 7) is 4.05.